The number of urea groups is 1. The Kier molecular flexibility index (Phi) is 4.27. The lowest BCUT2D eigenvalue weighted by Crippen LogP contribution is -2.39. The number of carbonyl (C=O) groups is 2. The van der Waals surface area contributed by atoms with E-state index in [2.05, 4.69) is 0 Å². The number of carboxylic acids is 1. The summed E-state index contributed by atoms with van der Waals surface area (Å²) in [6.45, 7) is 0.384. The fourth-order valence-corrected chi connectivity index (χ4v) is 2.03. The molecule has 1 heterocycles. The molecule has 2 amide bonds. The molecule has 0 radical (unpaired) electrons. The molecule has 0 aliphatic rings. The zero-order valence-electron chi connectivity index (χ0n) is 11.8. The number of rotatable bonds is 4. The topological polar surface area (TPSA) is 74.0 Å². The molecule has 2 aromatic rings. The number of para-hydroxylation sites is 1. The van der Waals surface area contributed by atoms with E-state index < -0.39 is 5.97 Å². The molecule has 6 nitrogen and oxygen atoms in total. The number of nitrogens with zero attached hydrogens (tertiary/aromatic N) is 2. The Hall–Kier alpha value is -2.76. The van der Waals surface area contributed by atoms with Crippen LogP contribution in [0.2, 0.25) is 0 Å². The zero-order valence-corrected chi connectivity index (χ0v) is 11.8. The van der Waals surface area contributed by atoms with Gasteiger partial charge in [-0.05, 0) is 18.2 Å². The number of amides is 2. The van der Waals surface area contributed by atoms with Crippen molar-refractivity contribution >= 4 is 17.7 Å². The summed E-state index contributed by atoms with van der Waals surface area (Å²) in [4.78, 5) is 26.4. The highest BCUT2D eigenvalue weighted by atomic mass is 16.4. The zero-order chi connectivity index (χ0) is 15.4. The van der Waals surface area contributed by atoms with Gasteiger partial charge in [-0.2, -0.15) is 0 Å². The summed E-state index contributed by atoms with van der Waals surface area (Å²) in [5, 5.41) is 9.18. The minimum atomic E-state index is -1.07. The van der Waals surface area contributed by atoms with Crippen LogP contribution in [0.4, 0.5) is 10.5 Å². The van der Waals surface area contributed by atoms with Crippen molar-refractivity contribution in [3.63, 3.8) is 0 Å². The van der Waals surface area contributed by atoms with Gasteiger partial charge in [0.05, 0.1) is 30.3 Å². The quantitative estimate of drug-likeness (QED) is 0.938. The Balaban J connectivity index is 2.17. The van der Waals surface area contributed by atoms with Gasteiger partial charge in [0.15, 0.2) is 0 Å². The van der Waals surface area contributed by atoms with E-state index in [4.69, 9.17) is 4.42 Å². The first-order valence-electron chi connectivity index (χ1n) is 6.33. The molecule has 0 aliphatic carbocycles. The van der Waals surface area contributed by atoms with Crippen LogP contribution in [0, 0.1) is 0 Å². The molecule has 0 bridgehead atoms. The van der Waals surface area contributed by atoms with Crippen LogP contribution in [0.25, 0.3) is 0 Å². The first-order chi connectivity index (χ1) is 10.0. The number of hydrogen-bond donors (Lipinski definition) is 1. The summed E-state index contributed by atoms with van der Waals surface area (Å²) in [5.74, 6) is -1.07. The predicted octanol–water partition coefficient (Wildman–Crippen LogP) is 2.67. The Labute approximate surface area is 122 Å². The molecule has 21 heavy (non-hydrogen) atoms. The number of benzene rings is 1. The molecule has 0 aliphatic heterocycles. The molecule has 0 unspecified atom stereocenters. The van der Waals surface area contributed by atoms with Gasteiger partial charge < -0.3 is 14.4 Å². The second-order valence-corrected chi connectivity index (χ2v) is 4.65. The van der Waals surface area contributed by atoms with E-state index >= 15 is 0 Å². The first-order valence-corrected chi connectivity index (χ1v) is 6.33. The Morgan fingerprint density at radius 1 is 1.19 bits per heavy atom. The van der Waals surface area contributed by atoms with Crippen molar-refractivity contribution in [1.82, 2.24) is 4.90 Å². The largest absolute Gasteiger partial charge is 0.478 e. The maximum Gasteiger partial charge on any atom is 0.337 e. The van der Waals surface area contributed by atoms with Crippen LogP contribution in [0.1, 0.15) is 15.9 Å². The van der Waals surface area contributed by atoms with Crippen molar-refractivity contribution < 1.29 is 19.1 Å². The van der Waals surface area contributed by atoms with Gasteiger partial charge in [-0.25, -0.2) is 9.59 Å². The van der Waals surface area contributed by atoms with Crippen molar-refractivity contribution in [2.45, 2.75) is 6.54 Å². The monoisotopic (exact) mass is 288 g/mol. The first kappa shape index (κ1) is 14.6. The third-order valence-corrected chi connectivity index (χ3v) is 3.11. The lowest BCUT2D eigenvalue weighted by atomic mass is 10.1. The molecule has 2 rings (SSSR count). The van der Waals surface area contributed by atoms with Gasteiger partial charge in [0, 0.05) is 19.7 Å². The van der Waals surface area contributed by atoms with Crippen molar-refractivity contribution in [1.29, 1.82) is 0 Å². The average molecular weight is 288 g/mol. The minimum Gasteiger partial charge on any atom is -0.478 e. The molecule has 110 valence electrons. The van der Waals surface area contributed by atoms with Crippen molar-refractivity contribution in [2.75, 3.05) is 19.0 Å². The third kappa shape index (κ3) is 3.22. The van der Waals surface area contributed by atoms with E-state index in [1.54, 1.807) is 44.6 Å². The minimum absolute atomic E-state index is 0.0880. The Morgan fingerprint density at radius 3 is 2.52 bits per heavy atom. The van der Waals surface area contributed by atoms with E-state index in [9.17, 15) is 14.7 Å². The fraction of sp³-hybridized carbons (Fsp3) is 0.200. The molecule has 0 spiro atoms. The van der Waals surface area contributed by atoms with Crippen LogP contribution in [-0.4, -0.2) is 36.1 Å². The van der Waals surface area contributed by atoms with Crippen LogP contribution < -0.4 is 4.90 Å². The summed E-state index contributed by atoms with van der Waals surface area (Å²) in [5.41, 5.74) is 1.31. The summed E-state index contributed by atoms with van der Waals surface area (Å²) in [6.07, 6.45) is 3.10. The number of hydrogen-bond acceptors (Lipinski definition) is 3. The Bertz CT molecular complexity index is 637. The van der Waals surface area contributed by atoms with E-state index in [-0.39, 0.29) is 11.6 Å². The van der Waals surface area contributed by atoms with Crippen LogP contribution >= 0.6 is 0 Å². The van der Waals surface area contributed by atoms with Crippen molar-refractivity contribution in [2.24, 2.45) is 0 Å². The van der Waals surface area contributed by atoms with Crippen molar-refractivity contribution in [3.8, 4) is 0 Å². The van der Waals surface area contributed by atoms with Crippen LogP contribution in [0.15, 0.2) is 47.3 Å². The molecule has 0 saturated carbocycles. The maximum atomic E-state index is 12.4. The molecular formula is C15H16N2O4. The second kappa shape index (κ2) is 6.13. The molecule has 0 saturated heterocycles. The third-order valence-electron chi connectivity index (χ3n) is 3.11. The fourth-order valence-electron chi connectivity index (χ4n) is 2.03. The lowest BCUT2D eigenvalue weighted by Gasteiger charge is -2.25. The average Bonchev–Trinajstić information content (AvgIpc) is 2.98. The molecule has 1 N–H and O–H groups in total. The molecule has 1 aromatic carbocycles. The van der Waals surface area contributed by atoms with Gasteiger partial charge >= 0.3 is 12.0 Å². The SMILES string of the molecule is CN(Cc1ccoc1)C(=O)N(C)c1ccccc1C(=O)O. The lowest BCUT2D eigenvalue weighted by molar-refractivity contribution is 0.0697. The summed E-state index contributed by atoms with van der Waals surface area (Å²) < 4.78 is 4.96. The van der Waals surface area contributed by atoms with Gasteiger partial charge in [-0.1, -0.05) is 12.1 Å². The predicted molar refractivity (Wildman–Crippen MR) is 77.4 cm³/mol. The number of carbonyl (C=O) groups excluding carboxylic acids is 1. The van der Waals surface area contributed by atoms with E-state index in [0.717, 1.165) is 5.56 Å². The van der Waals surface area contributed by atoms with Gasteiger partial charge in [-0.3, -0.25) is 4.90 Å². The molecule has 0 atom stereocenters. The number of furan rings is 1. The van der Waals surface area contributed by atoms with E-state index in [1.165, 1.54) is 22.1 Å². The highest BCUT2D eigenvalue weighted by Gasteiger charge is 2.20. The van der Waals surface area contributed by atoms with Crippen LogP contribution in [0.5, 0.6) is 0 Å². The summed E-state index contributed by atoms with van der Waals surface area (Å²) >= 11 is 0. The number of carboxylic acid groups (broad SMARTS) is 1. The molecule has 0 fully saturated rings. The van der Waals surface area contributed by atoms with Gasteiger partial charge in [0.2, 0.25) is 0 Å². The Morgan fingerprint density at radius 2 is 1.90 bits per heavy atom. The van der Waals surface area contributed by atoms with Crippen LogP contribution in [-0.2, 0) is 6.54 Å². The highest BCUT2D eigenvalue weighted by Crippen LogP contribution is 2.20. The van der Waals surface area contributed by atoms with Crippen molar-refractivity contribution in [3.05, 3.63) is 54.0 Å². The summed E-state index contributed by atoms with van der Waals surface area (Å²) in [7, 11) is 3.20. The smallest absolute Gasteiger partial charge is 0.337 e. The standard InChI is InChI=1S/C15H16N2O4/c1-16(9-11-7-8-21-10-11)15(20)17(2)13-6-4-3-5-12(13)14(18)19/h3-8,10H,9H2,1-2H3,(H,18,19). The number of aromatic carboxylic acids is 1. The van der Waals surface area contributed by atoms with Gasteiger partial charge in [0.1, 0.15) is 0 Å². The summed E-state index contributed by atoms with van der Waals surface area (Å²) in [6, 6.07) is 7.87. The normalized spacial score (nSPS) is 10.2. The van der Waals surface area contributed by atoms with Gasteiger partial charge in [-0.15, -0.1) is 0 Å². The molecule has 6 heteroatoms. The highest BCUT2D eigenvalue weighted by molar-refractivity contribution is 6.00. The molecule has 1 aromatic heterocycles. The molecular weight excluding hydrogens is 272 g/mol. The second-order valence-electron chi connectivity index (χ2n) is 4.65. The maximum absolute atomic E-state index is 12.4. The van der Waals surface area contributed by atoms with E-state index in [0.29, 0.717) is 12.2 Å². The van der Waals surface area contributed by atoms with Crippen LogP contribution in [0.3, 0.4) is 0 Å². The van der Waals surface area contributed by atoms with E-state index in [1.807, 2.05) is 0 Å². The number of anilines is 1. The van der Waals surface area contributed by atoms with Gasteiger partial charge in [0.25, 0.3) is 0 Å².